The van der Waals surface area contributed by atoms with Gasteiger partial charge in [-0.1, -0.05) is 46.3 Å². The monoisotopic (exact) mass is 432 g/mol. The number of benzene rings is 2. The molecule has 3 rings (SSSR count). The van der Waals surface area contributed by atoms with E-state index in [1.165, 1.54) is 17.6 Å². The summed E-state index contributed by atoms with van der Waals surface area (Å²) in [5, 5.41) is 27.7. The van der Waals surface area contributed by atoms with Crippen molar-refractivity contribution in [2.75, 3.05) is 5.43 Å². The molecule has 26 heavy (non-hydrogen) atoms. The maximum Gasteiger partial charge on any atom is 0.315 e. The summed E-state index contributed by atoms with van der Waals surface area (Å²) in [5.74, 6) is -0.426. The zero-order chi connectivity index (χ0) is 18.7. The van der Waals surface area contributed by atoms with Gasteiger partial charge in [0.2, 0.25) is 10.9 Å². The van der Waals surface area contributed by atoms with Crippen molar-refractivity contribution in [2.45, 2.75) is 6.92 Å². The van der Waals surface area contributed by atoms with Crippen molar-refractivity contribution in [1.29, 1.82) is 0 Å². The Hall–Kier alpha value is -2.78. The van der Waals surface area contributed by atoms with Gasteiger partial charge in [0.25, 0.3) is 0 Å². The van der Waals surface area contributed by atoms with Crippen LogP contribution in [0.4, 0.5) is 10.8 Å². The molecule has 1 aromatic heterocycles. The minimum absolute atomic E-state index is 0.224. The first-order valence-electron chi connectivity index (χ1n) is 7.44. The van der Waals surface area contributed by atoms with Crippen LogP contribution in [0.3, 0.4) is 0 Å². The molecule has 0 fully saturated rings. The van der Waals surface area contributed by atoms with Gasteiger partial charge in [-0.2, -0.15) is 5.10 Å². The molecule has 0 bridgehead atoms. The third-order valence-corrected chi connectivity index (χ3v) is 5.18. The first kappa shape index (κ1) is 18.0. The molecule has 0 saturated carbocycles. The summed E-state index contributed by atoms with van der Waals surface area (Å²) >= 11 is 4.64. The summed E-state index contributed by atoms with van der Waals surface area (Å²) in [6, 6.07) is 11.3. The van der Waals surface area contributed by atoms with Gasteiger partial charge < -0.3 is 5.11 Å². The van der Waals surface area contributed by atoms with E-state index < -0.39 is 10.7 Å². The standard InChI is InChI=1S/C17H13BrN4O3S/c1-10-13(18)7-12(16(23)15(10)22(24)25)8-19-21-17-20-14(9-26-17)11-5-3-2-4-6-11/h2-9,23H,1H3,(H,20,21). The molecule has 9 heteroatoms. The second-order valence-corrected chi connectivity index (χ2v) is 7.01. The summed E-state index contributed by atoms with van der Waals surface area (Å²) in [4.78, 5) is 14.9. The van der Waals surface area contributed by atoms with E-state index in [4.69, 9.17) is 0 Å². The van der Waals surface area contributed by atoms with Crippen LogP contribution in [-0.2, 0) is 0 Å². The first-order chi connectivity index (χ1) is 12.5. The van der Waals surface area contributed by atoms with Gasteiger partial charge in [-0.05, 0) is 13.0 Å². The van der Waals surface area contributed by atoms with E-state index in [1.807, 2.05) is 35.7 Å². The van der Waals surface area contributed by atoms with Gasteiger partial charge in [-0.15, -0.1) is 11.3 Å². The Labute approximate surface area is 161 Å². The fraction of sp³-hybridized carbons (Fsp3) is 0.0588. The molecule has 132 valence electrons. The number of phenols is 1. The number of phenolic OH excluding ortho intramolecular Hbond substituents is 1. The quantitative estimate of drug-likeness (QED) is 0.337. The highest BCUT2D eigenvalue weighted by molar-refractivity contribution is 9.10. The molecule has 0 aliphatic heterocycles. The van der Waals surface area contributed by atoms with Crippen molar-refractivity contribution in [2.24, 2.45) is 5.10 Å². The molecule has 1 heterocycles. The number of halogens is 1. The largest absolute Gasteiger partial charge is 0.502 e. The Morgan fingerprint density at radius 2 is 2.12 bits per heavy atom. The van der Waals surface area contributed by atoms with E-state index >= 15 is 0 Å². The predicted octanol–water partition coefficient (Wildman–Crippen LogP) is 4.94. The molecular weight excluding hydrogens is 420 g/mol. The molecule has 0 unspecified atom stereocenters. The fourth-order valence-electron chi connectivity index (χ4n) is 2.29. The van der Waals surface area contributed by atoms with Gasteiger partial charge in [-0.25, -0.2) is 4.98 Å². The molecule has 0 spiro atoms. The number of hydrogen-bond donors (Lipinski definition) is 2. The molecule has 2 N–H and O–H groups in total. The van der Waals surface area contributed by atoms with E-state index in [1.54, 1.807) is 13.0 Å². The molecule has 0 amide bonds. The highest BCUT2D eigenvalue weighted by Gasteiger charge is 2.22. The number of hydrogen-bond acceptors (Lipinski definition) is 7. The third-order valence-electron chi connectivity index (χ3n) is 3.61. The lowest BCUT2D eigenvalue weighted by molar-refractivity contribution is -0.386. The van der Waals surface area contributed by atoms with Crippen molar-refractivity contribution in [1.82, 2.24) is 4.98 Å². The molecule has 0 radical (unpaired) electrons. The summed E-state index contributed by atoms with van der Waals surface area (Å²) in [6.07, 6.45) is 1.32. The van der Waals surface area contributed by atoms with Crippen LogP contribution in [0.2, 0.25) is 0 Å². The highest BCUT2D eigenvalue weighted by Crippen LogP contribution is 2.37. The van der Waals surface area contributed by atoms with Gasteiger partial charge in [0.15, 0.2) is 0 Å². The Morgan fingerprint density at radius 1 is 1.38 bits per heavy atom. The van der Waals surface area contributed by atoms with Gasteiger partial charge >= 0.3 is 5.69 Å². The maximum absolute atomic E-state index is 11.1. The number of nitro groups is 1. The lowest BCUT2D eigenvalue weighted by atomic mass is 10.1. The minimum atomic E-state index is -0.618. The number of thiazole rings is 1. The normalized spacial score (nSPS) is 11.0. The van der Waals surface area contributed by atoms with Crippen LogP contribution >= 0.6 is 27.3 Å². The summed E-state index contributed by atoms with van der Waals surface area (Å²) in [5.41, 5.74) is 4.82. The molecule has 2 aromatic carbocycles. The van der Waals surface area contributed by atoms with E-state index in [9.17, 15) is 15.2 Å². The van der Waals surface area contributed by atoms with Gasteiger partial charge in [0, 0.05) is 26.5 Å². The van der Waals surface area contributed by atoms with Crippen LogP contribution in [-0.4, -0.2) is 21.2 Å². The topological polar surface area (TPSA) is 101 Å². The molecule has 0 aliphatic carbocycles. The smallest absolute Gasteiger partial charge is 0.315 e. The zero-order valence-electron chi connectivity index (χ0n) is 13.5. The number of nitrogens with one attached hydrogen (secondary N) is 1. The fourth-order valence-corrected chi connectivity index (χ4v) is 3.39. The van der Waals surface area contributed by atoms with Crippen LogP contribution in [0.25, 0.3) is 11.3 Å². The number of nitrogens with zero attached hydrogens (tertiary/aromatic N) is 3. The average Bonchev–Trinajstić information content (AvgIpc) is 3.09. The second kappa shape index (κ2) is 7.63. The van der Waals surface area contributed by atoms with E-state index in [0.717, 1.165) is 11.3 Å². The molecule has 0 saturated heterocycles. The Bertz CT molecular complexity index is 989. The third kappa shape index (κ3) is 3.73. The maximum atomic E-state index is 11.1. The highest BCUT2D eigenvalue weighted by atomic mass is 79.9. The summed E-state index contributed by atoms with van der Waals surface area (Å²) in [7, 11) is 0. The SMILES string of the molecule is Cc1c(Br)cc(C=NNc2nc(-c3ccccc3)cs2)c(O)c1[N+](=O)[O-]. The van der Waals surface area contributed by atoms with Crippen molar-refractivity contribution >= 4 is 44.3 Å². The predicted molar refractivity (Wildman–Crippen MR) is 106 cm³/mol. The van der Waals surface area contributed by atoms with Crippen LogP contribution in [0.5, 0.6) is 5.75 Å². The second-order valence-electron chi connectivity index (χ2n) is 5.30. The van der Waals surface area contributed by atoms with Crippen LogP contribution < -0.4 is 5.43 Å². The van der Waals surface area contributed by atoms with E-state index in [-0.39, 0.29) is 11.3 Å². The molecule has 0 aliphatic rings. The first-order valence-corrected chi connectivity index (χ1v) is 9.11. The Morgan fingerprint density at radius 3 is 2.81 bits per heavy atom. The number of nitro benzene ring substituents is 1. The number of anilines is 1. The van der Waals surface area contributed by atoms with Crippen molar-refractivity contribution in [3.8, 4) is 17.0 Å². The molecule has 3 aromatic rings. The van der Waals surface area contributed by atoms with Gasteiger partial charge in [-0.3, -0.25) is 15.5 Å². The summed E-state index contributed by atoms with van der Waals surface area (Å²) in [6.45, 7) is 1.56. The van der Waals surface area contributed by atoms with E-state index in [0.29, 0.717) is 15.2 Å². The molecule has 0 atom stereocenters. The number of aromatic hydroxyl groups is 1. The number of rotatable bonds is 5. The van der Waals surface area contributed by atoms with Crippen molar-refractivity contribution < 1.29 is 10.0 Å². The zero-order valence-corrected chi connectivity index (χ0v) is 15.9. The van der Waals surface area contributed by atoms with Crippen molar-refractivity contribution in [3.63, 3.8) is 0 Å². The van der Waals surface area contributed by atoms with Crippen LogP contribution in [0, 0.1) is 17.0 Å². The van der Waals surface area contributed by atoms with Gasteiger partial charge in [0.1, 0.15) is 0 Å². The van der Waals surface area contributed by atoms with E-state index in [2.05, 4.69) is 31.4 Å². The van der Waals surface area contributed by atoms with Crippen LogP contribution in [0.1, 0.15) is 11.1 Å². The number of hydrazone groups is 1. The summed E-state index contributed by atoms with van der Waals surface area (Å²) < 4.78 is 0.518. The average molecular weight is 433 g/mol. The molecule has 7 nitrogen and oxygen atoms in total. The minimum Gasteiger partial charge on any atom is -0.502 e. The lowest BCUT2D eigenvalue weighted by Crippen LogP contribution is -1.98. The lowest BCUT2D eigenvalue weighted by Gasteiger charge is -2.05. The Balaban J connectivity index is 1.80. The van der Waals surface area contributed by atoms with Gasteiger partial charge in [0.05, 0.1) is 16.8 Å². The molecular formula is C17H13BrN4O3S. The van der Waals surface area contributed by atoms with Crippen LogP contribution in [0.15, 0.2) is 51.4 Å². The number of aromatic nitrogens is 1. The van der Waals surface area contributed by atoms with Crippen molar-refractivity contribution in [3.05, 3.63) is 67.5 Å². The Kier molecular flexibility index (Phi) is 5.29.